The number of nitrogens with zero attached hydrogens (tertiary/aromatic N) is 2. The lowest BCUT2D eigenvalue weighted by molar-refractivity contribution is -0.117. The number of rotatable bonds is 4. The summed E-state index contributed by atoms with van der Waals surface area (Å²) in [6, 6.07) is 12.8. The molecule has 1 unspecified atom stereocenters. The molecule has 1 aliphatic heterocycles. The standard InChI is InChI=1S/C24H13BrClFN2O4/c25-14-3-6-18-13(8-14)9-19(33-18)22(30)20-21(12-2-1-7-28-11-12)29(24(32)23(20)31)15-4-5-17(27)16(26)10-15/h1-11,21,31H. The van der Waals surface area contributed by atoms with Crippen molar-refractivity contribution in [2.75, 3.05) is 4.90 Å². The molecular weight excluding hydrogens is 515 g/mol. The maximum absolute atomic E-state index is 13.8. The minimum atomic E-state index is -1.03. The molecule has 164 valence electrons. The monoisotopic (exact) mass is 526 g/mol. The predicted molar refractivity (Wildman–Crippen MR) is 124 cm³/mol. The number of fused-ring (bicyclic) bond motifs is 1. The van der Waals surface area contributed by atoms with Crippen LogP contribution in [0.5, 0.6) is 0 Å². The number of benzene rings is 2. The number of ketones is 1. The van der Waals surface area contributed by atoms with Gasteiger partial charge in [-0.1, -0.05) is 33.6 Å². The van der Waals surface area contributed by atoms with Gasteiger partial charge < -0.3 is 9.52 Å². The van der Waals surface area contributed by atoms with Gasteiger partial charge in [0, 0.05) is 27.9 Å². The molecule has 2 aromatic heterocycles. The largest absolute Gasteiger partial charge is 0.503 e. The maximum Gasteiger partial charge on any atom is 0.294 e. The van der Waals surface area contributed by atoms with Crippen molar-refractivity contribution in [3.63, 3.8) is 0 Å². The highest BCUT2D eigenvalue weighted by molar-refractivity contribution is 9.10. The van der Waals surface area contributed by atoms with E-state index in [0.29, 0.717) is 16.5 Å². The molecule has 3 heterocycles. The number of carbonyl (C=O) groups is 2. The fourth-order valence-electron chi connectivity index (χ4n) is 3.85. The van der Waals surface area contributed by atoms with Gasteiger partial charge in [0.15, 0.2) is 11.5 Å². The average molecular weight is 528 g/mol. The number of aliphatic hydroxyl groups excluding tert-OH is 1. The Bertz CT molecular complexity index is 1470. The summed E-state index contributed by atoms with van der Waals surface area (Å²) in [6.07, 6.45) is 3.03. The molecule has 33 heavy (non-hydrogen) atoms. The highest BCUT2D eigenvalue weighted by atomic mass is 79.9. The second-order valence-electron chi connectivity index (χ2n) is 7.35. The fraction of sp³-hybridized carbons (Fsp3) is 0.0417. The minimum absolute atomic E-state index is 0.0367. The lowest BCUT2D eigenvalue weighted by atomic mass is 9.96. The Hall–Kier alpha value is -3.49. The number of aromatic nitrogens is 1. The van der Waals surface area contributed by atoms with Crippen LogP contribution in [0.4, 0.5) is 10.1 Å². The van der Waals surface area contributed by atoms with Crippen LogP contribution in [-0.4, -0.2) is 21.8 Å². The molecule has 1 amide bonds. The van der Waals surface area contributed by atoms with Crippen molar-refractivity contribution in [1.29, 1.82) is 0 Å². The minimum Gasteiger partial charge on any atom is -0.503 e. The summed E-state index contributed by atoms with van der Waals surface area (Å²) in [4.78, 5) is 31.9. The number of amides is 1. The number of pyridine rings is 1. The Balaban J connectivity index is 1.66. The van der Waals surface area contributed by atoms with Gasteiger partial charge in [-0.3, -0.25) is 19.5 Å². The first-order chi connectivity index (χ1) is 15.8. The van der Waals surface area contributed by atoms with E-state index in [1.54, 1.807) is 42.6 Å². The van der Waals surface area contributed by atoms with Gasteiger partial charge in [0.05, 0.1) is 16.6 Å². The van der Waals surface area contributed by atoms with Gasteiger partial charge in [-0.15, -0.1) is 0 Å². The molecular formula is C24H13BrClFN2O4. The van der Waals surface area contributed by atoms with Crippen molar-refractivity contribution in [1.82, 2.24) is 4.98 Å². The highest BCUT2D eigenvalue weighted by Crippen LogP contribution is 2.42. The van der Waals surface area contributed by atoms with Crippen molar-refractivity contribution < 1.29 is 23.5 Å². The van der Waals surface area contributed by atoms with Crippen LogP contribution in [0, 0.1) is 5.82 Å². The van der Waals surface area contributed by atoms with E-state index in [0.717, 1.165) is 10.5 Å². The molecule has 2 aromatic carbocycles. The van der Waals surface area contributed by atoms with E-state index in [1.165, 1.54) is 23.2 Å². The van der Waals surface area contributed by atoms with Crippen LogP contribution in [0.1, 0.15) is 22.2 Å². The van der Waals surface area contributed by atoms with Gasteiger partial charge in [0.1, 0.15) is 11.4 Å². The molecule has 0 radical (unpaired) electrons. The highest BCUT2D eigenvalue weighted by Gasteiger charge is 2.45. The number of carbonyl (C=O) groups excluding carboxylic acids is 2. The van der Waals surface area contributed by atoms with E-state index in [2.05, 4.69) is 20.9 Å². The number of hydrogen-bond donors (Lipinski definition) is 1. The lowest BCUT2D eigenvalue weighted by Crippen LogP contribution is -2.31. The third-order valence-electron chi connectivity index (χ3n) is 5.34. The molecule has 1 atom stereocenters. The van der Waals surface area contributed by atoms with Crippen LogP contribution in [0.15, 0.2) is 87.2 Å². The average Bonchev–Trinajstić information content (AvgIpc) is 3.34. The molecule has 1 N–H and O–H groups in total. The van der Waals surface area contributed by atoms with E-state index >= 15 is 0 Å². The summed E-state index contributed by atoms with van der Waals surface area (Å²) in [5.74, 6) is -2.90. The second-order valence-corrected chi connectivity index (χ2v) is 8.67. The summed E-state index contributed by atoms with van der Waals surface area (Å²) in [5, 5.41) is 11.3. The molecule has 0 saturated heterocycles. The number of Topliss-reactive ketones (excluding diaryl/α,β-unsaturated/α-hetero) is 1. The second kappa shape index (κ2) is 8.13. The Kier molecular flexibility index (Phi) is 5.26. The molecule has 4 aromatic rings. The number of hydrogen-bond acceptors (Lipinski definition) is 5. The molecule has 9 heteroatoms. The van der Waals surface area contributed by atoms with Gasteiger partial charge in [-0.2, -0.15) is 0 Å². The van der Waals surface area contributed by atoms with Crippen LogP contribution in [0.2, 0.25) is 5.02 Å². The SMILES string of the molecule is O=C(C1=C(O)C(=O)N(c2ccc(F)c(Cl)c2)C1c1cccnc1)c1cc2cc(Br)ccc2o1. The molecule has 0 bridgehead atoms. The first-order valence-corrected chi connectivity index (χ1v) is 10.9. The maximum atomic E-state index is 13.8. The molecule has 0 fully saturated rings. The van der Waals surface area contributed by atoms with E-state index in [1.807, 2.05) is 0 Å². The number of aliphatic hydroxyl groups is 1. The zero-order valence-electron chi connectivity index (χ0n) is 16.6. The summed E-state index contributed by atoms with van der Waals surface area (Å²) in [6.45, 7) is 0. The summed E-state index contributed by atoms with van der Waals surface area (Å²) in [5.41, 5.74) is 0.985. The quantitative estimate of drug-likeness (QED) is 0.321. The Morgan fingerprint density at radius 3 is 2.73 bits per heavy atom. The van der Waals surface area contributed by atoms with Gasteiger partial charge in [-0.25, -0.2) is 4.39 Å². The Labute approximate surface area is 200 Å². The van der Waals surface area contributed by atoms with E-state index in [4.69, 9.17) is 16.0 Å². The third-order valence-corrected chi connectivity index (χ3v) is 6.12. The number of halogens is 3. The molecule has 1 aliphatic rings. The van der Waals surface area contributed by atoms with Crippen LogP contribution in [-0.2, 0) is 4.79 Å². The van der Waals surface area contributed by atoms with Gasteiger partial charge in [0.2, 0.25) is 5.78 Å². The van der Waals surface area contributed by atoms with Crippen molar-refractivity contribution in [2.45, 2.75) is 6.04 Å². The van der Waals surface area contributed by atoms with Gasteiger partial charge in [0.25, 0.3) is 5.91 Å². The van der Waals surface area contributed by atoms with Crippen molar-refractivity contribution in [2.24, 2.45) is 0 Å². The van der Waals surface area contributed by atoms with Gasteiger partial charge >= 0.3 is 0 Å². The topological polar surface area (TPSA) is 83.6 Å². The van der Waals surface area contributed by atoms with Crippen molar-refractivity contribution in [3.8, 4) is 0 Å². The van der Waals surface area contributed by atoms with Crippen LogP contribution in [0.25, 0.3) is 11.0 Å². The molecule has 0 spiro atoms. The van der Waals surface area contributed by atoms with E-state index in [-0.39, 0.29) is 22.0 Å². The van der Waals surface area contributed by atoms with Crippen LogP contribution in [0.3, 0.4) is 0 Å². The van der Waals surface area contributed by atoms with Crippen LogP contribution < -0.4 is 4.90 Å². The normalized spacial score (nSPS) is 16.2. The first kappa shape index (κ1) is 21.4. The fourth-order valence-corrected chi connectivity index (χ4v) is 4.40. The van der Waals surface area contributed by atoms with Crippen molar-refractivity contribution >= 4 is 55.9 Å². The zero-order chi connectivity index (χ0) is 23.3. The molecule has 6 nitrogen and oxygen atoms in total. The number of furan rings is 1. The summed E-state index contributed by atoms with van der Waals surface area (Å²) in [7, 11) is 0. The van der Waals surface area contributed by atoms with E-state index in [9.17, 15) is 19.1 Å². The van der Waals surface area contributed by atoms with E-state index < -0.39 is 29.3 Å². The lowest BCUT2D eigenvalue weighted by Gasteiger charge is -2.26. The Morgan fingerprint density at radius 2 is 2.00 bits per heavy atom. The summed E-state index contributed by atoms with van der Waals surface area (Å²) >= 11 is 9.31. The van der Waals surface area contributed by atoms with Crippen LogP contribution >= 0.6 is 27.5 Å². The number of anilines is 1. The Morgan fingerprint density at radius 1 is 1.18 bits per heavy atom. The first-order valence-electron chi connectivity index (χ1n) is 9.70. The zero-order valence-corrected chi connectivity index (χ0v) is 19.0. The van der Waals surface area contributed by atoms with Crippen molar-refractivity contribution in [3.05, 3.63) is 105 Å². The van der Waals surface area contributed by atoms with Gasteiger partial charge in [-0.05, 0) is 54.1 Å². The molecule has 5 rings (SSSR count). The predicted octanol–water partition coefficient (Wildman–Crippen LogP) is 6.17. The third kappa shape index (κ3) is 3.61. The molecule has 0 aliphatic carbocycles. The smallest absolute Gasteiger partial charge is 0.294 e. The molecule has 0 saturated carbocycles. The summed E-state index contributed by atoms with van der Waals surface area (Å²) < 4.78 is 20.3.